The number of aliphatic imine (C=N–C) groups is 1. The standard InChI is InChI=1S/C22H32ClN5O/c1-24-22(25-15-18-7-8-28(16-18)20-5-6-20)27-11-9-26(10-12-27)21(29)14-17-3-2-4-19(23)13-17/h2-4,13,18,20H,5-12,14-16H2,1H3,(H,24,25). The molecule has 29 heavy (non-hydrogen) atoms. The fraction of sp³-hybridized carbons (Fsp3) is 0.636. The second-order valence-corrected chi connectivity index (χ2v) is 8.92. The minimum Gasteiger partial charge on any atom is -0.356 e. The highest BCUT2D eigenvalue weighted by molar-refractivity contribution is 6.30. The lowest BCUT2D eigenvalue weighted by molar-refractivity contribution is -0.131. The molecule has 3 aliphatic rings. The van der Waals surface area contributed by atoms with Gasteiger partial charge < -0.3 is 20.0 Å². The Morgan fingerprint density at radius 3 is 2.59 bits per heavy atom. The van der Waals surface area contributed by atoms with Crippen LogP contribution in [0.25, 0.3) is 0 Å². The molecule has 0 bridgehead atoms. The molecule has 1 atom stereocenters. The van der Waals surface area contributed by atoms with Gasteiger partial charge in [0.25, 0.3) is 0 Å². The SMILES string of the molecule is CN=C(NCC1CCN(C2CC2)C1)N1CCN(C(=O)Cc2cccc(Cl)c2)CC1. The molecule has 6 nitrogen and oxygen atoms in total. The lowest BCUT2D eigenvalue weighted by Crippen LogP contribution is -2.54. The van der Waals surface area contributed by atoms with Crippen LogP contribution in [0.15, 0.2) is 29.3 Å². The summed E-state index contributed by atoms with van der Waals surface area (Å²) in [6.07, 6.45) is 4.48. The Bertz CT molecular complexity index is 742. The van der Waals surface area contributed by atoms with E-state index in [1.165, 1.54) is 32.4 Å². The van der Waals surface area contributed by atoms with E-state index in [9.17, 15) is 4.79 Å². The van der Waals surface area contributed by atoms with Crippen molar-refractivity contribution in [2.75, 3.05) is 52.9 Å². The van der Waals surface area contributed by atoms with E-state index in [1.54, 1.807) is 0 Å². The molecule has 4 rings (SSSR count). The molecule has 158 valence electrons. The van der Waals surface area contributed by atoms with Crippen LogP contribution >= 0.6 is 11.6 Å². The van der Waals surface area contributed by atoms with Gasteiger partial charge in [0.2, 0.25) is 5.91 Å². The Kier molecular flexibility index (Phi) is 6.60. The predicted molar refractivity (Wildman–Crippen MR) is 117 cm³/mol. The van der Waals surface area contributed by atoms with Crippen LogP contribution in [0.2, 0.25) is 5.02 Å². The van der Waals surface area contributed by atoms with E-state index in [1.807, 2.05) is 36.2 Å². The Balaban J connectivity index is 1.21. The molecular weight excluding hydrogens is 386 g/mol. The van der Waals surface area contributed by atoms with Crippen molar-refractivity contribution in [1.29, 1.82) is 0 Å². The van der Waals surface area contributed by atoms with Gasteiger partial charge in [-0.3, -0.25) is 9.79 Å². The van der Waals surface area contributed by atoms with Crippen LogP contribution in [-0.4, -0.2) is 85.5 Å². The fourth-order valence-electron chi connectivity index (χ4n) is 4.47. The van der Waals surface area contributed by atoms with Gasteiger partial charge in [-0.25, -0.2) is 0 Å². The van der Waals surface area contributed by atoms with Crippen LogP contribution in [0.3, 0.4) is 0 Å². The van der Waals surface area contributed by atoms with Gasteiger partial charge in [-0.1, -0.05) is 23.7 Å². The number of nitrogens with one attached hydrogen (secondary N) is 1. The minimum atomic E-state index is 0.168. The van der Waals surface area contributed by atoms with E-state index < -0.39 is 0 Å². The van der Waals surface area contributed by atoms with Gasteiger partial charge in [0.05, 0.1) is 6.42 Å². The van der Waals surface area contributed by atoms with Crippen molar-refractivity contribution in [1.82, 2.24) is 20.0 Å². The maximum atomic E-state index is 12.6. The summed E-state index contributed by atoms with van der Waals surface area (Å²) in [5.41, 5.74) is 0.971. The first-order valence-corrected chi connectivity index (χ1v) is 11.2. The highest BCUT2D eigenvalue weighted by Gasteiger charge is 2.34. The summed E-state index contributed by atoms with van der Waals surface area (Å²) < 4.78 is 0. The van der Waals surface area contributed by atoms with Crippen LogP contribution < -0.4 is 5.32 Å². The monoisotopic (exact) mass is 417 g/mol. The lowest BCUT2D eigenvalue weighted by Gasteiger charge is -2.36. The smallest absolute Gasteiger partial charge is 0.227 e. The molecule has 2 heterocycles. The second kappa shape index (κ2) is 9.35. The van der Waals surface area contributed by atoms with Gasteiger partial charge >= 0.3 is 0 Å². The molecule has 1 saturated carbocycles. The van der Waals surface area contributed by atoms with Crippen molar-refractivity contribution >= 4 is 23.5 Å². The summed E-state index contributed by atoms with van der Waals surface area (Å²) in [6, 6.07) is 8.43. The van der Waals surface area contributed by atoms with Gasteiger partial charge in [0.15, 0.2) is 5.96 Å². The third kappa shape index (κ3) is 5.43. The molecule has 3 fully saturated rings. The zero-order chi connectivity index (χ0) is 20.2. The van der Waals surface area contributed by atoms with Crippen LogP contribution in [0.4, 0.5) is 0 Å². The first kappa shape index (κ1) is 20.5. The number of guanidine groups is 1. The number of nitrogens with zero attached hydrogens (tertiary/aromatic N) is 4. The normalized spacial score (nSPS) is 23.5. The van der Waals surface area contributed by atoms with Crippen LogP contribution in [0.5, 0.6) is 0 Å². The van der Waals surface area contributed by atoms with E-state index >= 15 is 0 Å². The first-order chi connectivity index (χ1) is 14.1. The van der Waals surface area contributed by atoms with E-state index in [0.29, 0.717) is 17.4 Å². The minimum absolute atomic E-state index is 0.168. The van der Waals surface area contributed by atoms with Gasteiger partial charge in [-0.2, -0.15) is 0 Å². The number of likely N-dealkylation sites (tertiary alicyclic amines) is 1. The largest absolute Gasteiger partial charge is 0.356 e. The summed E-state index contributed by atoms with van der Waals surface area (Å²) in [5.74, 6) is 1.85. The number of carbonyl (C=O) groups is 1. The molecule has 2 aliphatic heterocycles. The molecular formula is C22H32ClN5O. The topological polar surface area (TPSA) is 51.2 Å². The zero-order valence-electron chi connectivity index (χ0n) is 17.3. The molecule has 1 amide bonds. The third-order valence-electron chi connectivity index (χ3n) is 6.32. The summed E-state index contributed by atoms with van der Waals surface area (Å²) in [7, 11) is 1.85. The Labute approximate surface area is 178 Å². The molecule has 1 N–H and O–H groups in total. The van der Waals surface area contributed by atoms with Gasteiger partial charge in [0.1, 0.15) is 0 Å². The van der Waals surface area contributed by atoms with Gasteiger partial charge in [-0.05, 0) is 49.4 Å². The highest BCUT2D eigenvalue weighted by Crippen LogP contribution is 2.31. The van der Waals surface area contributed by atoms with E-state index in [-0.39, 0.29) is 5.91 Å². The van der Waals surface area contributed by atoms with E-state index in [0.717, 1.165) is 50.3 Å². The van der Waals surface area contributed by atoms with Crippen molar-refractivity contribution in [2.24, 2.45) is 10.9 Å². The Morgan fingerprint density at radius 1 is 1.14 bits per heavy atom. The van der Waals surface area contributed by atoms with Crippen molar-refractivity contribution in [3.63, 3.8) is 0 Å². The third-order valence-corrected chi connectivity index (χ3v) is 6.55. The van der Waals surface area contributed by atoms with Gasteiger partial charge in [-0.15, -0.1) is 0 Å². The molecule has 1 unspecified atom stereocenters. The number of benzene rings is 1. The summed E-state index contributed by atoms with van der Waals surface area (Å²) >= 11 is 6.03. The number of hydrogen-bond acceptors (Lipinski definition) is 3. The molecule has 2 saturated heterocycles. The molecule has 0 aromatic heterocycles. The maximum Gasteiger partial charge on any atom is 0.227 e. The average Bonchev–Trinajstić information content (AvgIpc) is 3.47. The number of hydrogen-bond donors (Lipinski definition) is 1. The molecule has 1 aromatic carbocycles. The van der Waals surface area contributed by atoms with Gasteiger partial charge in [0, 0.05) is 57.4 Å². The van der Waals surface area contributed by atoms with Crippen LogP contribution in [0.1, 0.15) is 24.8 Å². The number of carbonyl (C=O) groups excluding carboxylic acids is 1. The van der Waals surface area contributed by atoms with Crippen molar-refractivity contribution in [2.45, 2.75) is 31.7 Å². The quantitative estimate of drug-likeness (QED) is 0.588. The Hall–Kier alpha value is -1.79. The van der Waals surface area contributed by atoms with Crippen molar-refractivity contribution in [3.8, 4) is 0 Å². The first-order valence-electron chi connectivity index (χ1n) is 10.8. The average molecular weight is 418 g/mol. The van der Waals surface area contributed by atoms with E-state index in [4.69, 9.17) is 11.6 Å². The maximum absolute atomic E-state index is 12.6. The summed E-state index contributed by atoms with van der Waals surface area (Å²) in [6.45, 7) is 6.57. The summed E-state index contributed by atoms with van der Waals surface area (Å²) in [4.78, 5) is 24.0. The number of rotatable bonds is 5. The molecule has 7 heteroatoms. The second-order valence-electron chi connectivity index (χ2n) is 8.48. The van der Waals surface area contributed by atoms with Crippen LogP contribution in [-0.2, 0) is 11.2 Å². The van der Waals surface area contributed by atoms with Crippen molar-refractivity contribution < 1.29 is 4.79 Å². The molecule has 1 aromatic rings. The van der Waals surface area contributed by atoms with Crippen molar-refractivity contribution in [3.05, 3.63) is 34.9 Å². The number of amides is 1. The van der Waals surface area contributed by atoms with E-state index in [2.05, 4.69) is 20.1 Å². The number of piperazine rings is 1. The Morgan fingerprint density at radius 2 is 1.90 bits per heavy atom. The number of halogens is 1. The predicted octanol–water partition coefficient (Wildman–Crippen LogP) is 2.09. The molecule has 1 aliphatic carbocycles. The molecule has 0 radical (unpaired) electrons. The lowest BCUT2D eigenvalue weighted by atomic mass is 10.1. The molecule has 0 spiro atoms. The zero-order valence-corrected chi connectivity index (χ0v) is 18.1. The summed E-state index contributed by atoms with van der Waals surface area (Å²) in [5, 5.41) is 4.26. The highest BCUT2D eigenvalue weighted by atomic mass is 35.5. The fourth-order valence-corrected chi connectivity index (χ4v) is 4.68. The van der Waals surface area contributed by atoms with Crippen LogP contribution in [0, 0.1) is 5.92 Å².